The summed E-state index contributed by atoms with van der Waals surface area (Å²) >= 11 is 0. The number of hydrogen-bond donors (Lipinski definition) is 0. The van der Waals surface area contributed by atoms with E-state index in [1.807, 2.05) is 12.1 Å². The van der Waals surface area contributed by atoms with Gasteiger partial charge in [0.2, 0.25) is 0 Å². The van der Waals surface area contributed by atoms with Crippen molar-refractivity contribution in [2.24, 2.45) is 23.7 Å². The van der Waals surface area contributed by atoms with Gasteiger partial charge in [0.15, 0.2) is 0 Å². The Morgan fingerprint density at radius 3 is 1.68 bits per heavy atom. The van der Waals surface area contributed by atoms with Crippen LogP contribution in [-0.2, 0) is 30.5 Å². The largest absolute Gasteiger partial charge is 0.492 e. The molecule has 248 valence electrons. The van der Waals surface area contributed by atoms with Gasteiger partial charge in [-0.2, -0.15) is 0 Å². The lowest BCUT2D eigenvalue weighted by Gasteiger charge is -2.37. The molecule has 5 aliphatic rings. The Morgan fingerprint density at radius 2 is 1.13 bits per heavy atom. The number of carbonyl (C=O) groups is 1. The summed E-state index contributed by atoms with van der Waals surface area (Å²) in [6, 6.07) is 17.1. The van der Waals surface area contributed by atoms with Crippen LogP contribution in [0, 0.1) is 23.7 Å². The topological polar surface area (TPSA) is 44.8 Å². The molecule has 47 heavy (non-hydrogen) atoms. The van der Waals surface area contributed by atoms with Gasteiger partial charge in [-0.1, -0.05) is 44.0 Å². The highest BCUT2D eigenvalue weighted by atomic mass is 16.5. The van der Waals surface area contributed by atoms with Crippen molar-refractivity contribution in [2.75, 3.05) is 13.2 Å². The zero-order chi connectivity index (χ0) is 31.7. The first kappa shape index (κ1) is 31.0. The second kappa shape index (κ2) is 13.7. The summed E-state index contributed by atoms with van der Waals surface area (Å²) < 4.78 is 19.1. The summed E-state index contributed by atoms with van der Waals surface area (Å²) in [4.78, 5) is 13.6. The summed E-state index contributed by atoms with van der Waals surface area (Å²) in [5.41, 5.74) is 9.50. The van der Waals surface area contributed by atoms with Crippen LogP contribution in [0.25, 0.3) is 11.1 Å². The zero-order valence-electron chi connectivity index (χ0n) is 28.4. The van der Waals surface area contributed by atoms with E-state index >= 15 is 0 Å². The minimum Gasteiger partial charge on any atom is -0.492 e. The number of ether oxygens (including phenoxy) is 3. The first-order valence-electron chi connectivity index (χ1n) is 19.0. The first-order chi connectivity index (χ1) is 23.1. The predicted molar refractivity (Wildman–Crippen MR) is 188 cm³/mol. The molecule has 2 saturated carbocycles. The molecule has 8 rings (SSSR count). The van der Waals surface area contributed by atoms with Crippen LogP contribution in [0.4, 0.5) is 0 Å². The maximum Gasteiger partial charge on any atom is 0.321 e. The smallest absolute Gasteiger partial charge is 0.321 e. The van der Waals surface area contributed by atoms with Crippen LogP contribution in [0.1, 0.15) is 118 Å². The minimum atomic E-state index is -0.529. The van der Waals surface area contributed by atoms with E-state index in [-0.39, 0.29) is 19.2 Å². The second-order valence-corrected chi connectivity index (χ2v) is 15.5. The number of rotatable bonds is 4. The quantitative estimate of drug-likeness (QED) is 0.212. The average Bonchev–Trinajstić information content (AvgIpc) is 3.20. The van der Waals surface area contributed by atoms with Crippen molar-refractivity contribution < 1.29 is 19.0 Å². The zero-order valence-corrected chi connectivity index (χ0v) is 28.4. The molecule has 4 heteroatoms. The highest BCUT2D eigenvalue weighted by molar-refractivity contribution is 5.84. The Bertz CT molecular complexity index is 1500. The van der Waals surface area contributed by atoms with Crippen molar-refractivity contribution in [3.8, 4) is 28.4 Å². The maximum atomic E-state index is 13.6. The fourth-order valence-electron chi connectivity index (χ4n) is 9.66. The lowest BCUT2D eigenvalue weighted by Crippen LogP contribution is -2.31. The van der Waals surface area contributed by atoms with Crippen LogP contribution in [0.5, 0.6) is 17.2 Å². The number of esters is 1. The molecule has 3 aromatic carbocycles. The van der Waals surface area contributed by atoms with Crippen LogP contribution in [-0.4, -0.2) is 19.2 Å². The van der Waals surface area contributed by atoms with Gasteiger partial charge in [-0.25, -0.2) is 0 Å². The molecule has 4 nitrogen and oxygen atoms in total. The fourth-order valence-corrected chi connectivity index (χ4v) is 9.66. The Kier molecular flexibility index (Phi) is 9.04. The maximum absolute atomic E-state index is 13.6. The molecule has 3 aromatic rings. The molecule has 4 aliphatic carbocycles. The third kappa shape index (κ3) is 6.46. The molecule has 0 bridgehead atoms. The van der Waals surface area contributed by atoms with Gasteiger partial charge in [-0.05, 0) is 166 Å². The lowest BCUT2D eigenvalue weighted by atomic mass is 9.68. The van der Waals surface area contributed by atoms with Gasteiger partial charge in [0.1, 0.15) is 36.4 Å². The summed E-state index contributed by atoms with van der Waals surface area (Å²) in [6.07, 6.45) is 20.2. The minimum absolute atomic E-state index is 0.238. The van der Waals surface area contributed by atoms with Gasteiger partial charge in [0.25, 0.3) is 0 Å². The van der Waals surface area contributed by atoms with E-state index in [2.05, 4.69) is 43.3 Å². The molecule has 0 radical (unpaired) electrons. The Balaban J connectivity index is 0.966. The van der Waals surface area contributed by atoms with Gasteiger partial charge in [-0.15, -0.1) is 0 Å². The van der Waals surface area contributed by atoms with E-state index in [1.54, 1.807) is 0 Å². The Labute approximate surface area is 281 Å². The van der Waals surface area contributed by atoms with Crippen molar-refractivity contribution in [3.05, 3.63) is 76.3 Å². The van der Waals surface area contributed by atoms with Crippen LogP contribution in [0.2, 0.25) is 0 Å². The molecule has 0 spiro atoms. The van der Waals surface area contributed by atoms with Crippen molar-refractivity contribution in [2.45, 2.75) is 116 Å². The molecular weight excluding hydrogens is 580 g/mol. The van der Waals surface area contributed by atoms with Gasteiger partial charge < -0.3 is 14.2 Å². The summed E-state index contributed by atoms with van der Waals surface area (Å²) in [5.74, 6) is 4.97. The van der Waals surface area contributed by atoms with Crippen LogP contribution in [0.3, 0.4) is 0 Å². The highest BCUT2D eigenvalue weighted by Gasteiger charge is 2.32. The summed E-state index contributed by atoms with van der Waals surface area (Å²) in [5, 5.41) is 0. The number of fused-ring (bicyclic) bond motifs is 7. The standard InChI is InChI=1S/C43H52O4/c1-28-10-12-29(13-11-28)30-14-16-31(17-15-30)32-18-22-36(23-19-32)47-43(44)35-26-45-39-24-20-33-6-2-4-8-37(33)41(39)42-38-9-5-3-7-34(38)21-25-40(42)46-27-35/h18-25,28-31,35H,2-17,26-27H2,1H3. The van der Waals surface area contributed by atoms with E-state index in [0.717, 1.165) is 54.9 Å². The first-order valence-corrected chi connectivity index (χ1v) is 19.0. The van der Waals surface area contributed by atoms with E-state index < -0.39 is 5.92 Å². The van der Waals surface area contributed by atoms with E-state index in [0.29, 0.717) is 11.7 Å². The van der Waals surface area contributed by atoms with Gasteiger partial charge in [-0.3, -0.25) is 4.79 Å². The number of carbonyl (C=O) groups excluding carboxylic acids is 1. The number of hydrogen-bond acceptors (Lipinski definition) is 4. The molecule has 0 aromatic heterocycles. The lowest BCUT2D eigenvalue weighted by molar-refractivity contribution is -0.141. The third-order valence-electron chi connectivity index (χ3n) is 12.5. The monoisotopic (exact) mass is 632 g/mol. The van der Waals surface area contributed by atoms with E-state index in [9.17, 15) is 4.79 Å². The molecule has 0 saturated heterocycles. The predicted octanol–water partition coefficient (Wildman–Crippen LogP) is 10.2. The molecule has 2 fully saturated rings. The van der Waals surface area contributed by atoms with E-state index in [4.69, 9.17) is 14.2 Å². The van der Waals surface area contributed by atoms with Crippen LogP contribution >= 0.6 is 0 Å². The van der Waals surface area contributed by atoms with Gasteiger partial charge >= 0.3 is 5.97 Å². The highest BCUT2D eigenvalue weighted by Crippen LogP contribution is 2.48. The molecule has 0 N–H and O–H groups in total. The Morgan fingerprint density at radius 1 is 0.617 bits per heavy atom. The molecule has 0 amide bonds. The van der Waals surface area contributed by atoms with Crippen LogP contribution in [0.15, 0.2) is 48.5 Å². The molecule has 1 heterocycles. The van der Waals surface area contributed by atoms with Crippen molar-refractivity contribution in [3.63, 3.8) is 0 Å². The van der Waals surface area contributed by atoms with E-state index in [1.165, 1.54) is 116 Å². The fraction of sp³-hybridized carbons (Fsp3) is 0.558. The van der Waals surface area contributed by atoms with Crippen molar-refractivity contribution in [1.82, 2.24) is 0 Å². The second-order valence-electron chi connectivity index (χ2n) is 15.5. The normalized spacial score (nSPS) is 26.1. The van der Waals surface area contributed by atoms with Crippen LogP contribution < -0.4 is 14.2 Å². The summed E-state index contributed by atoms with van der Waals surface area (Å²) in [6.45, 7) is 2.90. The van der Waals surface area contributed by atoms with Crippen molar-refractivity contribution in [1.29, 1.82) is 0 Å². The summed E-state index contributed by atoms with van der Waals surface area (Å²) in [7, 11) is 0. The Hall–Kier alpha value is -3.27. The average molecular weight is 633 g/mol. The molecular formula is C43H52O4. The van der Waals surface area contributed by atoms with Gasteiger partial charge in [0.05, 0.1) is 0 Å². The number of aryl methyl sites for hydroxylation is 2. The molecule has 0 atom stereocenters. The SMILES string of the molecule is CC1CCC(C2CCC(c3ccc(OC(=O)C4COc5ccc6c(c5-c5c(ccc7c5CCCC7)OC4)CCCC6)cc3)CC2)CC1. The van der Waals surface area contributed by atoms with Crippen molar-refractivity contribution >= 4 is 5.97 Å². The third-order valence-corrected chi connectivity index (χ3v) is 12.5. The molecule has 1 aliphatic heterocycles. The number of benzene rings is 3. The molecule has 0 unspecified atom stereocenters. The van der Waals surface area contributed by atoms with Gasteiger partial charge in [0, 0.05) is 11.1 Å².